The van der Waals surface area contributed by atoms with Gasteiger partial charge in [-0.1, -0.05) is 17.7 Å². The number of pyridine rings is 3. The second-order valence-corrected chi connectivity index (χ2v) is 10.1. The van der Waals surface area contributed by atoms with E-state index in [1.807, 2.05) is 25.1 Å². The van der Waals surface area contributed by atoms with Crippen molar-refractivity contribution in [3.8, 4) is 0 Å². The third-order valence-electron chi connectivity index (χ3n) is 5.76. The van der Waals surface area contributed by atoms with Crippen LogP contribution < -0.4 is 5.32 Å². The van der Waals surface area contributed by atoms with E-state index in [2.05, 4.69) is 31.3 Å². The number of halogens is 1. The number of carbonyl (C=O) groups excluding carboxylic acids is 1. The van der Waals surface area contributed by atoms with Crippen LogP contribution in [0.4, 0.5) is 0 Å². The Hall–Kier alpha value is -3.62. The SMILES string of the molecule is Cc1cc2cc(Cc3cc(C(=O)NCc4cnc5[nH]cc(Cl)c5c4)ccn3)cc(S(C)=O)c2cn1. The minimum absolute atomic E-state index is 0.204. The zero-order valence-corrected chi connectivity index (χ0v) is 20.7. The van der Waals surface area contributed by atoms with Crippen LogP contribution in [0.25, 0.3) is 21.8 Å². The lowest BCUT2D eigenvalue weighted by Crippen LogP contribution is -2.23. The molecular weight excluding hydrogens is 482 g/mol. The molecule has 4 aromatic heterocycles. The summed E-state index contributed by atoms with van der Waals surface area (Å²) in [6.07, 6.45) is 8.97. The van der Waals surface area contributed by atoms with Crippen LogP contribution in [0, 0.1) is 6.92 Å². The molecule has 0 fully saturated rings. The van der Waals surface area contributed by atoms with Gasteiger partial charge in [0, 0.05) is 76.6 Å². The van der Waals surface area contributed by atoms with Crippen molar-refractivity contribution >= 4 is 50.1 Å². The normalized spacial score (nSPS) is 12.2. The van der Waals surface area contributed by atoms with Crippen molar-refractivity contribution in [2.45, 2.75) is 24.8 Å². The van der Waals surface area contributed by atoms with Crippen molar-refractivity contribution in [1.29, 1.82) is 0 Å². The van der Waals surface area contributed by atoms with E-state index in [0.29, 0.717) is 29.2 Å². The van der Waals surface area contributed by atoms with Gasteiger partial charge in [-0.15, -0.1) is 0 Å². The van der Waals surface area contributed by atoms with Crippen LogP contribution in [0.15, 0.2) is 66.1 Å². The van der Waals surface area contributed by atoms with Crippen LogP contribution in [-0.4, -0.2) is 36.3 Å². The second-order valence-electron chi connectivity index (χ2n) is 8.37. The largest absolute Gasteiger partial charge is 0.348 e. The number of aromatic amines is 1. The molecule has 9 heteroatoms. The van der Waals surface area contributed by atoms with Gasteiger partial charge in [0.15, 0.2) is 0 Å². The molecule has 1 aromatic carbocycles. The second kappa shape index (κ2) is 9.56. The quantitative estimate of drug-likeness (QED) is 0.349. The molecule has 0 aliphatic carbocycles. The molecule has 0 saturated heterocycles. The summed E-state index contributed by atoms with van der Waals surface area (Å²) in [5.41, 5.74) is 4.69. The molecule has 0 aliphatic heterocycles. The number of H-pyrrole nitrogens is 1. The molecule has 1 atom stereocenters. The minimum atomic E-state index is -1.16. The van der Waals surface area contributed by atoms with Crippen molar-refractivity contribution in [3.63, 3.8) is 0 Å². The number of nitrogens with one attached hydrogen (secondary N) is 2. The number of aryl methyl sites for hydroxylation is 1. The van der Waals surface area contributed by atoms with Gasteiger partial charge in [0.05, 0.1) is 15.8 Å². The predicted molar refractivity (Wildman–Crippen MR) is 138 cm³/mol. The van der Waals surface area contributed by atoms with Gasteiger partial charge in [-0.05, 0) is 53.8 Å². The molecule has 0 aliphatic rings. The zero-order chi connectivity index (χ0) is 24.5. The Morgan fingerprint density at radius 1 is 1.06 bits per heavy atom. The molecular formula is C26H22ClN5O2S. The van der Waals surface area contributed by atoms with Crippen LogP contribution in [0.3, 0.4) is 0 Å². The molecule has 5 rings (SSSR count). The van der Waals surface area contributed by atoms with E-state index >= 15 is 0 Å². The van der Waals surface area contributed by atoms with Gasteiger partial charge in [-0.3, -0.25) is 19.0 Å². The molecule has 35 heavy (non-hydrogen) atoms. The van der Waals surface area contributed by atoms with Crippen LogP contribution in [0.2, 0.25) is 5.02 Å². The summed E-state index contributed by atoms with van der Waals surface area (Å²) >= 11 is 6.17. The highest BCUT2D eigenvalue weighted by Crippen LogP contribution is 2.25. The van der Waals surface area contributed by atoms with Crippen molar-refractivity contribution in [2.75, 3.05) is 6.26 Å². The predicted octanol–water partition coefficient (Wildman–Crippen LogP) is 4.73. The lowest BCUT2D eigenvalue weighted by atomic mass is 10.0. The number of carbonyl (C=O) groups is 1. The lowest BCUT2D eigenvalue weighted by Gasteiger charge is -2.10. The Morgan fingerprint density at radius 3 is 2.74 bits per heavy atom. The first-order chi connectivity index (χ1) is 16.9. The first-order valence-corrected chi connectivity index (χ1v) is 12.9. The maximum absolute atomic E-state index is 12.8. The Morgan fingerprint density at radius 2 is 1.91 bits per heavy atom. The van der Waals surface area contributed by atoms with Gasteiger partial charge in [-0.25, -0.2) is 4.98 Å². The highest BCUT2D eigenvalue weighted by Gasteiger charge is 2.12. The summed E-state index contributed by atoms with van der Waals surface area (Å²) < 4.78 is 12.4. The van der Waals surface area contributed by atoms with Gasteiger partial charge in [0.25, 0.3) is 5.91 Å². The number of aromatic nitrogens is 4. The fourth-order valence-corrected chi connectivity index (χ4v) is 5.05. The molecule has 0 radical (unpaired) electrons. The first kappa shape index (κ1) is 23.1. The average Bonchev–Trinajstić information content (AvgIpc) is 3.22. The van der Waals surface area contributed by atoms with Gasteiger partial charge < -0.3 is 10.3 Å². The summed E-state index contributed by atoms with van der Waals surface area (Å²) in [4.78, 5) is 29.7. The Bertz CT molecular complexity index is 1610. The van der Waals surface area contributed by atoms with Gasteiger partial charge in [0.2, 0.25) is 0 Å². The number of fused-ring (bicyclic) bond motifs is 2. The summed E-state index contributed by atoms with van der Waals surface area (Å²) in [7, 11) is -1.16. The first-order valence-electron chi connectivity index (χ1n) is 10.9. The Kier molecular flexibility index (Phi) is 6.32. The minimum Gasteiger partial charge on any atom is -0.348 e. The average molecular weight is 504 g/mol. The Labute approximate surface area is 209 Å². The van der Waals surface area contributed by atoms with E-state index in [1.165, 1.54) is 0 Å². The van der Waals surface area contributed by atoms with Crippen molar-refractivity contribution in [2.24, 2.45) is 0 Å². The molecule has 7 nitrogen and oxygen atoms in total. The molecule has 1 amide bonds. The number of nitrogens with zero attached hydrogens (tertiary/aromatic N) is 3. The molecule has 4 heterocycles. The summed E-state index contributed by atoms with van der Waals surface area (Å²) in [6.45, 7) is 2.25. The van der Waals surface area contributed by atoms with Gasteiger partial charge in [-0.2, -0.15) is 0 Å². The molecule has 176 valence electrons. The summed E-state index contributed by atoms with van der Waals surface area (Å²) in [6, 6.07) is 11.4. The van der Waals surface area contributed by atoms with E-state index in [1.54, 1.807) is 43.2 Å². The fraction of sp³-hybridized carbons (Fsp3) is 0.154. The summed E-state index contributed by atoms with van der Waals surface area (Å²) in [5, 5.41) is 6.21. The molecule has 0 saturated carbocycles. The summed E-state index contributed by atoms with van der Waals surface area (Å²) in [5.74, 6) is -0.204. The van der Waals surface area contributed by atoms with E-state index in [4.69, 9.17) is 11.6 Å². The maximum Gasteiger partial charge on any atom is 0.251 e. The van der Waals surface area contributed by atoms with Crippen LogP contribution in [0.5, 0.6) is 0 Å². The van der Waals surface area contributed by atoms with Crippen molar-refractivity contribution < 1.29 is 9.00 Å². The lowest BCUT2D eigenvalue weighted by molar-refractivity contribution is 0.0950. The van der Waals surface area contributed by atoms with Gasteiger partial charge in [0.1, 0.15) is 5.65 Å². The highest BCUT2D eigenvalue weighted by atomic mass is 35.5. The topological polar surface area (TPSA) is 101 Å². The van der Waals surface area contributed by atoms with E-state index in [9.17, 15) is 9.00 Å². The van der Waals surface area contributed by atoms with E-state index < -0.39 is 10.8 Å². The number of hydrogen-bond donors (Lipinski definition) is 2. The fourth-order valence-electron chi connectivity index (χ4n) is 4.05. The van der Waals surface area contributed by atoms with Crippen LogP contribution >= 0.6 is 11.6 Å². The molecule has 5 aromatic rings. The van der Waals surface area contributed by atoms with Crippen LogP contribution in [-0.2, 0) is 23.8 Å². The van der Waals surface area contributed by atoms with Crippen molar-refractivity contribution in [1.82, 2.24) is 25.3 Å². The van der Waals surface area contributed by atoms with E-state index in [0.717, 1.165) is 43.6 Å². The van der Waals surface area contributed by atoms with E-state index in [-0.39, 0.29) is 5.91 Å². The number of hydrogen-bond acceptors (Lipinski definition) is 5. The highest BCUT2D eigenvalue weighted by molar-refractivity contribution is 7.84. The van der Waals surface area contributed by atoms with Crippen LogP contribution in [0.1, 0.15) is 32.9 Å². The molecule has 0 bridgehead atoms. The Balaban J connectivity index is 1.34. The molecule has 2 N–H and O–H groups in total. The number of benzene rings is 1. The monoisotopic (exact) mass is 503 g/mol. The standard InChI is InChI=1S/C26H22ClN5O2S/c1-15-5-19-6-16(9-24(35(2)34)22(19)13-29-15)7-20-10-18(3-4-28-20)26(33)32-12-17-8-21-23(27)14-31-25(21)30-11-17/h3-6,8-11,13-14H,7,12H2,1-2H3,(H,30,31)(H,32,33). The third-order valence-corrected chi connectivity index (χ3v) is 7.03. The molecule has 0 spiro atoms. The smallest absolute Gasteiger partial charge is 0.251 e. The zero-order valence-electron chi connectivity index (χ0n) is 19.1. The number of rotatable bonds is 6. The number of amides is 1. The van der Waals surface area contributed by atoms with Gasteiger partial charge >= 0.3 is 0 Å². The third kappa shape index (κ3) is 4.94. The molecule has 1 unspecified atom stereocenters. The maximum atomic E-state index is 12.8. The van der Waals surface area contributed by atoms with Crippen molar-refractivity contribution in [3.05, 3.63) is 94.3 Å².